The third-order valence-corrected chi connectivity index (χ3v) is 3.42. The zero-order valence-corrected chi connectivity index (χ0v) is 12.3. The van der Waals surface area contributed by atoms with Gasteiger partial charge in [-0.15, -0.1) is 20.1 Å². The molecule has 0 bridgehead atoms. The molecule has 4 aromatic heterocycles. The number of aryl methyl sites for hydroxylation is 1. The molecular formula is C14H15N7O. The Bertz CT molecular complexity index is 920. The van der Waals surface area contributed by atoms with Crippen LogP contribution < -0.4 is 0 Å². The summed E-state index contributed by atoms with van der Waals surface area (Å²) >= 11 is 0. The van der Waals surface area contributed by atoms with Crippen molar-refractivity contribution < 1.29 is 4.42 Å². The number of hydrogen-bond donors (Lipinski definition) is 0. The van der Waals surface area contributed by atoms with Gasteiger partial charge >= 0.3 is 0 Å². The van der Waals surface area contributed by atoms with E-state index >= 15 is 0 Å². The molecular weight excluding hydrogens is 282 g/mol. The average Bonchev–Trinajstić information content (AvgIpc) is 3.21. The maximum Gasteiger partial charge on any atom is 0.238 e. The highest BCUT2D eigenvalue weighted by Gasteiger charge is 2.14. The van der Waals surface area contributed by atoms with Gasteiger partial charge in [0, 0.05) is 12.5 Å². The normalized spacial score (nSPS) is 12.0. The van der Waals surface area contributed by atoms with E-state index in [2.05, 4.69) is 39.1 Å². The van der Waals surface area contributed by atoms with Crippen LogP contribution in [0.2, 0.25) is 0 Å². The van der Waals surface area contributed by atoms with E-state index in [1.807, 2.05) is 0 Å². The van der Waals surface area contributed by atoms with Crippen LogP contribution in [0, 0.1) is 5.92 Å². The first-order valence-corrected chi connectivity index (χ1v) is 7.22. The Morgan fingerprint density at radius 2 is 2.14 bits per heavy atom. The second-order valence-electron chi connectivity index (χ2n) is 5.59. The van der Waals surface area contributed by atoms with E-state index < -0.39 is 0 Å². The van der Waals surface area contributed by atoms with Gasteiger partial charge in [0.2, 0.25) is 11.5 Å². The molecule has 8 heteroatoms. The molecule has 112 valence electrons. The smallest absolute Gasteiger partial charge is 0.238 e. The summed E-state index contributed by atoms with van der Waals surface area (Å²) in [5.41, 5.74) is 1.80. The first-order chi connectivity index (χ1) is 10.7. The maximum absolute atomic E-state index is 5.30. The number of furan rings is 1. The Morgan fingerprint density at radius 1 is 1.23 bits per heavy atom. The number of fused-ring (bicyclic) bond motifs is 3. The van der Waals surface area contributed by atoms with Gasteiger partial charge in [-0.1, -0.05) is 13.8 Å². The second-order valence-corrected chi connectivity index (χ2v) is 5.59. The van der Waals surface area contributed by atoms with Crippen molar-refractivity contribution in [2.24, 2.45) is 5.92 Å². The summed E-state index contributed by atoms with van der Waals surface area (Å²) in [5, 5.41) is 13.2. The topological polar surface area (TPSA) is 86.9 Å². The van der Waals surface area contributed by atoms with Crippen LogP contribution in [0.1, 0.15) is 26.1 Å². The summed E-state index contributed by atoms with van der Waals surface area (Å²) in [5.74, 6) is 1.95. The number of hydrogen-bond acceptors (Lipinski definition) is 6. The molecule has 0 aromatic carbocycles. The van der Waals surface area contributed by atoms with Crippen LogP contribution in [0.5, 0.6) is 0 Å². The van der Waals surface area contributed by atoms with E-state index in [1.165, 1.54) is 4.80 Å². The minimum absolute atomic E-state index is 0.520. The van der Waals surface area contributed by atoms with Crippen molar-refractivity contribution >= 4 is 16.8 Å². The fourth-order valence-electron chi connectivity index (χ4n) is 2.26. The quantitative estimate of drug-likeness (QED) is 0.573. The van der Waals surface area contributed by atoms with Gasteiger partial charge in [0.05, 0.1) is 6.26 Å². The Labute approximate surface area is 125 Å². The predicted molar refractivity (Wildman–Crippen MR) is 78.6 cm³/mol. The highest BCUT2D eigenvalue weighted by molar-refractivity contribution is 5.83. The third kappa shape index (κ3) is 2.12. The molecule has 4 aromatic rings. The van der Waals surface area contributed by atoms with Gasteiger partial charge in [0.1, 0.15) is 6.33 Å². The number of aromatic nitrogens is 7. The van der Waals surface area contributed by atoms with Gasteiger partial charge < -0.3 is 4.42 Å². The number of rotatable bonds is 4. The molecule has 0 aliphatic rings. The van der Waals surface area contributed by atoms with Crippen molar-refractivity contribution in [3.63, 3.8) is 0 Å². The predicted octanol–water partition coefficient (Wildman–Crippen LogP) is 2.04. The fraction of sp³-hybridized carbons (Fsp3) is 0.357. The highest BCUT2D eigenvalue weighted by Crippen LogP contribution is 2.16. The SMILES string of the molecule is CC(C)CCc1nc2c3nn(-c4ccco4)nc3ncn2n1. The fourth-order valence-corrected chi connectivity index (χ4v) is 2.26. The van der Waals surface area contributed by atoms with Crippen LogP contribution in [-0.4, -0.2) is 34.6 Å². The van der Waals surface area contributed by atoms with E-state index in [9.17, 15) is 0 Å². The van der Waals surface area contributed by atoms with Gasteiger partial charge in [-0.05, 0) is 18.4 Å². The molecule has 0 unspecified atom stereocenters. The first kappa shape index (κ1) is 12.9. The molecule has 0 fully saturated rings. The minimum atomic E-state index is 0.520. The lowest BCUT2D eigenvalue weighted by Gasteiger charge is -1.99. The Morgan fingerprint density at radius 3 is 2.91 bits per heavy atom. The van der Waals surface area contributed by atoms with Crippen LogP contribution in [-0.2, 0) is 6.42 Å². The lowest BCUT2D eigenvalue weighted by molar-refractivity contribution is 0.502. The van der Waals surface area contributed by atoms with Crippen LogP contribution in [0.4, 0.5) is 0 Å². The minimum Gasteiger partial charge on any atom is -0.445 e. The molecule has 0 spiro atoms. The monoisotopic (exact) mass is 297 g/mol. The molecule has 4 heterocycles. The molecule has 0 aliphatic carbocycles. The van der Waals surface area contributed by atoms with E-state index in [1.54, 1.807) is 29.2 Å². The molecule has 22 heavy (non-hydrogen) atoms. The highest BCUT2D eigenvalue weighted by atomic mass is 16.3. The number of nitrogens with zero attached hydrogens (tertiary/aromatic N) is 7. The van der Waals surface area contributed by atoms with Crippen molar-refractivity contribution in [1.29, 1.82) is 0 Å². The van der Waals surface area contributed by atoms with Crippen LogP contribution in [0.25, 0.3) is 22.7 Å². The lowest BCUT2D eigenvalue weighted by Crippen LogP contribution is -1.95. The molecule has 0 radical (unpaired) electrons. The molecule has 0 aliphatic heterocycles. The van der Waals surface area contributed by atoms with E-state index in [0.29, 0.717) is 28.6 Å². The van der Waals surface area contributed by atoms with Gasteiger partial charge in [-0.25, -0.2) is 9.97 Å². The van der Waals surface area contributed by atoms with Crippen molar-refractivity contribution in [3.8, 4) is 5.88 Å². The van der Waals surface area contributed by atoms with Crippen molar-refractivity contribution in [2.75, 3.05) is 0 Å². The van der Waals surface area contributed by atoms with Crippen molar-refractivity contribution in [1.82, 2.24) is 34.6 Å². The molecule has 0 amide bonds. The standard InChI is InChI=1S/C14H15N7O/c1-9(2)5-6-10-16-14-12-13(15-8-20(14)17-10)19-21(18-12)11-4-3-7-22-11/h3-4,7-9H,5-6H2,1-2H3. The Hall–Kier alpha value is -2.77. The molecule has 0 atom stereocenters. The largest absolute Gasteiger partial charge is 0.445 e. The van der Waals surface area contributed by atoms with E-state index in [0.717, 1.165) is 18.7 Å². The van der Waals surface area contributed by atoms with E-state index in [-0.39, 0.29) is 0 Å². The Kier molecular flexibility index (Phi) is 2.88. The second kappa shape index (κ2) is 4.90. The molecule has 0 saturated heterocycles. The summed E-state index contributed by atoms with van der Waals surface area (Å²) in [6, 6.07) is 3.57. The van der Waals surface area contributed by atoms with E-state index in [4.69, 9.17) is 4.42 Å². The molecule has 8 nitrogen and oxygen atoms in total. The average molecular weight is 297 g/mol. The summed E-state index contributed by atoms with van der Waals surface area (Å²) in [6.45, 7) is 4.37. The van der Waals surface area contributed by atoms with Gasteiger partial charge in [-0.3, -0.25) is 0 Å². The molecule has 0 saturated carbocycles. The summed E-state index contributed by atoms with van der Waals surface area (Å²) in [4.78, 5) is 10.3. The molecule has 0 N–H and O–H groups in total. The van der Waals surface area contributed by atoms with Gasteiger partial charge in [0.15, 0.2) is 17.0 Å². The zero-order chi connectivity index (χ0) is 15.1. The Balaban J connectivity index is 1.80. The lowest BCUT2D eigenvalue weighted by atomic mass is 10.1. The van der Waals surface area contributed by atoms with Gasteiger partial charge in [-0.2, -0.15) is 4.52 Å². The third-order valence-electron chi connectivity index (χ3n) is 3.42. The van der Waals surface area contributed by atoms with Crippen LogP contribution >= 0.6 is 0 Å². The molecule has 4 rings (SSSR count). The summed E-state index contributed by atoms with van der Waals surface area (Å²) in [6.07, 6.45) is 5.08. The first-order valence-electron chi connectivity index (χ1n) is 7.22. The maximum atomic E-state index is 5.30. The van der Waals surface area contributed by atoms with Gasteiger partial charge in [0.25, 0.3) is 0 Å². The van der Waals surface area contributed by atoms with Crippen LogP contribution in [0.15, 0.2) is 29.1 Å². The summed E-state index contributed by atoms with van der Waals surface area (Å²) < 4.78 is 6.95. The van der Waals surface area contributed by atoms with Crippen LogP contribution in [0.3, 0.4) is 0 Å². The van der Waals surface area contributed by atoms with Crippen molar-refractivity contribution in [2.45, 2.75) is 26.7 Å². The van der Waals surface area contributed by atoms with Crippen molar-refractivity contribution in [3.05, 3.63) is 30.5 Å². The zero-order valence-electron chi connectivity index (χ0n) is 12.3. The summed E-state index contributed by atoms with van der Waals surface area (Å²) in [7, 11) is 0.